The van der Waals surface area contributed by atoms with E-state index in [0.29, 0.717) is 6.42 Å². The summed E-state index contributed by atoms with van der Waals surface area (Å²) >= 11 is 1.65. The first-order valence-electron chi connectivity index (χ1n) is 7.88. The summed E-state index contributed by atoms with van der Waals surface area (Å²) in [6, 6.07) is 27.4. The van der Waals surface area contributed by atoms with Gasteiger partial charge in [-0.1, -0.05) is 72.8 Å². The standard InChI is InChI=1S/C21H19NOS/c22-18-13-7-8-14-20(18)24-21(17-11-5-2-6-12-17)15-19(23)16-9-3-1-4-10-16/h1-14,21H,15,22H2/t21-/m1/s1. The first-order chi connectivity index (χ1) is 11.7. The molecule has 3 aromatic rings. The molecule has 0 aliphatic carbocycles. The van der Waals surface area contributed by atoms with E-state index in [2.05, 4.69) is 12.1 Å². The number of hydrogen-bond donors (Lipinski definition) is 1. The van der Waals surface area contributed by atoms with Crippen LogP contribution in [0.1, 0.15) is 27.6 Å². The maximum atomic E-state index is 12.7. The van der Waals surface area contributed by atoms with Gasteiger partial charge in [-0.3, -0.25) is 4.79 Å². The molecule has 3 heteroatoms. The summed E-state index contributed by atoms with van der Waals surface area (Å²) in [4.78, 5) is 13.7. The minimum absolute atomic E-state index is 0.0311. The van der Waals surface area contributed by atoms with Gasteiger partial charge < -0.3 is 5.73 Å². The Morgan fingerprint density at radius 3 is 2.08 bits per heavy atom. The number of hydrogen-bond acceptors (Lipinski definition) is 3. The Kier molecular flexibility index (Phi) is 5.34. The molecule has 2 N–H and O–H groups in total. The van der Waals surface area contributed by atoms with Crippen LogP contribution in [0.5, 0.6) is 0 Å². The molecule has 0 aromatic heterocycles. The van der Waals surface area contributed by atoms with Gasteiger partial charge in [-0.25, -0.2) is 0 Å². The molecule has 0 aliphatic rings. The van der Waals surface area contributed by atoms with Crippen LogP contribution in [0, 0.1) is 0 Å². The number of carbonyl (C=O) groups excluding carboxylic acids is 1. The van der Waals surface area contributed by atoms with Crippen LogP contribution >= 0.6 is 11.8 Å². The van der Waals surface area contributed by atoms with Crippen LogP contribution in [0.4, 0.5) is 5.69 Å². The van der Waals surface area contributed by atoms with Gasteiger partial charge >= 0.3 is 0 Å². The van der Waals surface area contributed by atoms with Crippen molar-refractivity contribution in [3.8, 4) is 0 Å². The second kappa shape index (κ2) is 7.84. The van der Waals surface area contributed by atoms with Crippen LogP contribution < -0.4 is 5.73 Å². The maximum Gasteiger partial charge on any atom is 0.164 e. The summed E-state index contributed by atoms with van der Waals surface area (Å²) in [6.07, 6.45) is 0.438. The van der Waals surface area contributed by atoms with Crippen molar-refractivity contribution in [1.82, 2.24) is 0 Å². The molecule has 0 fully saturated rings. The van der Waals surface area contributed by atoms with Crippen LogP contribution in [0.3, 0.4) is 0 Å². The zero-order valence-corrected chi connectivity index (χ0v) is 14.1. The molecule has 0 aliphatic heterocycles. The van der Waals surface area contributed by atoms with Crippen molar-refractivity contribution < 1.29 is 4.79 Å². The first kappa shape index (κ1) is 16.3. The highest BCUT2D eigenvalue weighted by atomic mass is 32.2. The Bertz CT molecular complexity index is 802. The topological polar surface area (TPSA) is 43.1 Å². The molecule has 0 heterocycles. The highest BCUT2D eigenvalue weighted by Gasteiger charge is 2.19. The van der Waals surface area contributed by atoms with Crippen molar-refractivity contribution in [2.24, 2.45) is 0 Å². The van der Waals surface area contributed by atoms with E-state index < -0.39 is 0 Å². The molecule has 120 valence electrons. The average molecular weight is 333 g/mol. The lowest BCUT2D eigenvalue weighted by molar-refractivity contribution is 0.0982. The summed E-state index contributed by atoms with van der Waals surface area (Å²) in [5.74, 6) is 0.145. The van der Waals surface area contributed by atoms with Crippen molar-refractivity contribution in [1.29, 1.82) is 0 Å². The molecule has 0 saturated heterocycles. The summed E-state index contributed by atoms with van der Waals surface area (Å²) in [6.45, 7) is 0. The zero-order valence-electron chi connectivity index (χ0n) is 13.3. The van der Waals surface area contributed by atoms with Gasteiger partial charge in [0.05, 0.1) is 0 Å². The highest BCUT2D eigenvalue weighted by molar-refractivity contribution is 7.99. The van der Waals surface area contributed by atoms with Gasteiger partial charge in [-0.05, 0) is 17.7 Å². The van der Waals surface area contributed by atoms with Crippen LogP contribution in [0.2, 0.25) is 0 Å². The van der Waals surface area contributed by atoms with Crippen molar-refractivity contribution in [2.75, 3.05) is 5.73 Å². The van der Waals surface area contributed by atoms with Crippen molar-refractivity contribution in [2.45, 2.75) is 16.6 Å². The highest BCUT2D eigenvalue weighted by Crippen LogP contribution is 2.40. The summed E-state index contributed by atoms with van der Waals surface area (Å²) < 4.78 is 0. The van der Waals surface area contributed by atoms with E-state index in [0.717, 1.165) is 21.7 Å². The quantitative estimate of drug-likeness (QED) is 0.374. The van der Waals surface area contributed by atoms with Crippen LogP contribution in [-0.2, 0) is 0 Å². The van der Waals surface area contributed by atoms with Crippen molar-refractivity contribution in [3.63, 3.8) is 0 Å². The summed E-state index contributed by atoms with van der Waals surface area (Å²) in [5.41, 5.74) is 8.71. The molecule has 0 saturated carbocycles. The van der Waals surface area contributed by atoms with E-state index >= 15 is 0 Å². The van der Waals surface area contributed by atoms with Crippen molar-refractivity contribution in [3.05, 3.63) is 96.1 Å². The summed E-state index contributed by atoms with van der Waals surface area (Å²) in [5, 5.41) is 0.0311. The van der Waals surface area contributed by atoms with Crippen LogP contribution in [-0.4, -0.2) is 5.78 Å². The predicted molar refractivity (Wildman–Crippen MR) is 101 cm³/mol. The zero-order chi connectivity index (χ0) is 16.8. The fourth-order valence-electron chi connectivity index (χ4n) is 2.55. The van der Waals surface area contributed by atoms with Gasteiger partial charge in [-0.2, -0.15) is 0 Å². The third-order valence-corrected chi connectivity index (χ3v) is 5.18. The van der Waals surface area contributed by atoms with E-state index in [-0.39, 0.29) is 11.0 Å². The molecule has 0 bridgehead atoms. The number of ketones is 1. The number of nitrogens with two attached hydrogens (primary N) is 1. The average Bonchev–Trinajstić information content (AvgIpc) is 2.64. The lowest BCUT2D eigenvalue weighted by Gasteiger charge is -2.17. The second-order valence-electron chi connectivity index (χ2n) is 5.55. The van der Waals surface area contributed by atoms with E-state index in [1.54, 1.807) is 11.8 Å². The number of para-hydroxylation sites is 1. The van der Waals surface area contributed by atoms with Gasteiger partial charge in [0.1, 0.15) is 0 Å². The Morgan fingerprint density at radius 1 is 0.833 bits per heavy atom. The number of rotatable bonds is 6. The van der Waals surface area contributed by atoms with Crippen molar-refractivity contribution >= 4 is 23.2 Å². The number of carbonyl (C=O) groups is 1. The van der Waals surface area contributed by atoms with Crippen LogP contribution in [0.25, 0.3) is 0 Å². The molecule has 24 heavy (non-hydrogen) atoms. The normalized spacial score (nSPS) is 11.8. The SMILES string of the molecule is Nc1ccccc1S[C@H](CC(=O)c1ccccc1)c1ccccc1. The fourth-order valence-corrected chi connectivity index (χ4v) is 3.74. The lowest BCUT2D eigenvalue weighted by Crippen LogP contribution is -2.05. The molecule has 3 rings (SSSR count). The number of benzene rings is 3. The minimum Gasteiger partial charge on any atom is -0.398 e. The number of Topliss-reactive ketones (excluding diaryl/α,β-unsaturated/α-hetero) is 1. The van der Waals surface area contributed by atoms with Gasteiger partial charge in [0.25, 0.3) is 0 Å². The molecule has 1 atom stereocenters. The largest absolute Gasteiger partial charge is 0.398 e. The molecule has 0 unspecified atom stereocenters. The lowest BCUT2D eigenvalue weighted by atomic mass is 10.0. The van der Waals surface area contributed by atoms with E-state index in [1.165, 1.54) is 0 Å². The Hall–Kier alpha value is -2.52. The van der Waals surface area contributed by atoms with Gasteiger partial charge in [0.15, 0.2) is 5.78 Å². The molecular formula is C21H19NOS. The second-order valence-corrected chi connectivity index (χ2v) is 6.79. The molecule has 0 radical (unpaired) electrons. The Balaban J connectivity index is 1.86. The molecule has 3 aromatic carbocycles. The molecular weight excluding hydrogens is 314 g/mol. The van der Waals surface area contributed by atoms with Gasteiger partial charge in [0.2, 0.25) is 0 Å². The Morgan fingerprint density at radius 2 is 1.42 bits per heavy atom. The van der Waals surface area contributed by atoms with Gasteiger partial charge in [0, 0.05) is 27.8 Å². The Labute approximate surface area is 146 Å². The van der Waals surface area contributed by atoms with E-state index in [1.807, 2.05) is 72.8 Å². The monoisotopic (exact) mass is 333 g/mol. The third kappa shape index (κ3) is 4.06. The smallest absolute Gasteiger partial charge is 0.164 e. The van der Waals surface area contributed by atoms with E-state index in [4.69, 9.17) is 5.73 Å². The number of anilines is 1. The molecule has 0 amide bonds. The third-order valence-electron chi connectivity index (χ3n) is 3.83. The molecule has 2 nitrogen and oxygen atoms in total. The van der Waals surface area contributed by atoms with E-state index in [9.17, 15) is 4.79 Å². The maximum absolute atomic E-state index is 12.7. The number of nitrogen functional groups attached to an aromatic ring is 1. The molecule has 0 spiro atoms. The minimum atomic E-state index is 0.0311. The predicted octanol–water partition coefficient (Wildman–Crippen LogP) is 5.38. The fraction of sp³-hybridized carbons (Fsp3) is 0.0952. The number of thioether (sulfide) groups is 1. The van der Waals surface area contributed by atoms with Crippen LogP contribution in [0.15, 0.2) is 89.8 Å². The first-order valence-corrected chi connectivity index (χ1v) is 8.76. The van der Waals surface area contributed by atoms with Gasteiger partial charge in [-0.15, -0.1) is 11.8 Å². The summed E-state index contributed by atoms with van der Waals surface area (Å²) in [7, 11) is 0.